The van der Waals surface area contributed by atoms with Gasteiger partial charge in [-0.2, -0.15) is 13.2 Å². The lowest BCUT2D eigenvalue weighted by Gasteiger charge is -2.43. The van der Waals surface area contributed by atoms with Crippen LogP contribution in [0.1, 0.15) is 25.8 Å². The first-order valence-electron chi connectivity index (χ1n) is 8.14. The first-order chi connectivity index (χ1) is 12.5. The van der Waals surface area contributed by atoms with Crippen molar-refractivity contribution in [2.24, 2.45) is 0 Å². The Hall–Kier alpha value is -2.84. The number of benzene rings is 1. The van der Waals surface area contributed by atoms with Gasteiger partial charge in [0.2, 0.25) is 0 Å². The summed E-state index contributed by atoms with van der Waals surface area (Å²) in [5.74, 6) is -2.09. The largest absolute Gasteiger partial charge is 0.463 e. The molecule has 1 N–H and O–H groups in total. The van der Waals surface area contributed by atoms with Crippen LogP contribution in [0.2, 0.25) is 0 Å². The average Bonchev–Trinajstić information content (AvgIpc) is 2.57. The molecule has 0 spiro atoms. The predicted octanol–water partition coefficient (Wildman–Crippen LogP) is 2.90. The van der Waals surface area contributed by atoms with Crippen LogP contribution >= 0.6 is 0 Å². The van der Waals surface area contributed by atoms with E-state index in [4.69, 9.17) is 4.74 Å². The minimum atomic E-state index is -5.11. The minimum absolute atomic E-state index is 0.171. The molecule has 0 radical (unpaired) electrons. The van der Waals surface area contributed by atoms with Crippen LogP contribution in [0.15, 0.2) is 35.9 Å². The second kappa shape index (κ2) is 7.42. The maximum atomic E-state index is 14.2. The van der Waals surface area contributed by atoms with Gasteiger partial charge >= 0.3 is 18.2 Å². The van der Waals surface area contributed by atoms with Gasteiger partial charge in [0, 0.05) is 13.5 Å². The molecular weight excluding hydrogens is 365 g/mol. The first kappa shape index (κ1) is 20.5. The Balaban J connectivity index is 2.92. The number of carbonyl (C=O) groups excluding carboxylic acids is 3. The number of halogens is 3. The van der Waals surface area contributed by atoms with Crippen LogP contribution in [0, 0.1) is 0 Å². The number of esters is 1. The first-order valence-corrected chi connectivity index (χ1v) is 8.14. The van der Waals surface area contributed by atoms with E-state index in [-0.39, 0.29) is 17.9 Å². The van der Waals surface area contributed by atoms with Gasteiger partial charge in [0.15, 0.2) is 5.54 Å². The van der Waals surface area contributed by atoms with Crippen LogP contribution in [-0.2, 0) is 14.3 Å². The van der Waals surface area contributed by atoms with E-state index in [0.29, 0.717) is 0 Å². The van der Waals surface area contributed by atoms with E-state index >= 15 is 0 Å². The molecule has 2 rings (SSSR count). The Bertz CT molecular complexity index is 790. The van der Waals surface area contributed by atoms with Crippen molar-refractivity contribution in [2.75, 3.05) is 13.7 Å². The molecule has 0 bridgehead atoms. The zero-order valence-corrected chi connectivity index (χ0v) is 15.0. The van der Waals surface area contributed by atoms with Gasteiger partial charge in [-0.1, -0.05) is 30.3 Å². The summed E-state index contributed by atoms with van der Waals surface area (Å²) in [6.07, 6.45) is -6.24. The average molecular weight is 384 g/mol. The number of alkyl halides is 3. The highest BCUT2D eigenvalue weighted by atomic mass is 19.4. The fraction of sp³-hybridized carbons (Fsp3) is 0.389. The number of nitrogens with one attached hydrogen (secondary N) is 1. The van der Waals surface area contributed by atoms with Crippen LogP contribution in [-0.4, -0.2) is 48.1 Å². The fourth-order valence-corrected chi connectivity index (χ4v) is 3.03. The van der Waals surface area contributed by atoms with E-state index in [0.717, 1.165) is 11.8 Å². The van der Waals surface area contributed by atoms with Crippen molar-refractivity contribution in [2.45, 2.75) is 32.0 Å². The highest BCUT2D eigenvalue weighted by Crippen LogP contribution is 2.45. The standard InChI is InChI=1S/C18H19F3N2O4/c1-4-27-15(25)13-14(12-8-6-5-7-9-12)23(3)16(26)22-17(13,10-11(2)24)18(19,20)21/h5-9H,4,10H2,1-3H3,(H,22,26)/t17-/m0/s1. The second-order valence-corrected chi connectivity index (χ2v) is 6.08. The van der Waals surface area contributed by atoms with E-state index in [2.05, 4.69) is 0 Å². The van der Waals surface area contributed by atoms with E-state index < -0.39 is 41.5 Å². The van der Waals surface area contributed by atoms with Crippen molar-refractivity contribution < 1.29 is 32.3 Å². The van der Waals surface area contributed by atoms with Crippen LogP contribution < -0.4 is 5.32 Å². The number of carbonyl (C=O) groups is 3. The topological polar surface area (TPSA) is 75.7 Å². The van der Waals surface area contributed by atoms with Gasteiger partial charge < -0.3 is 10.1 Å². The highest BCUT2D eigenvalue weighted by Gasteiger charge is 2.64. The number of urea groups is 1. The Kier molecular flexibility index (Phi) is 5.62. The summed E-state index contributed by atoms with van der Waals surface area (Å²) in [6.45, 7) is 2.24. The summed E-state index contributed by atoms with van der Waals surface area (Å²) in [7, 11) is 1.24. The molecule has 1 atom stereocenters. The van der Waals surface area contributed by atoms with Crippen LogP contribution in [0.3, 0.4) is 0 Å². The number of ketones is 1. The third kappa shape index (κ3) is 3.67. The second-order valence-electron chi connectivity index (χ2n) is 6.08. The molecule has 0 fully saturated rings. The molecule has 1 aromatic rings. The Morgan fingerprint density at radius 2 is 1.81 bits per heavy atom. The summed E-state index contributed by atoms with van der Waals surface area (Å²) < 4.78 is 47.4. The predicted molar refractivity (Wildman–Crippen MR) is 90.4 cm³/mol. The normalized spacial score (nSPS) is 20.4. The molecule has 146 valence electrons. The van der Waals surface area contributed by atoms with E-state index in [9.17, 15) is 27.6 Å². The number of hydrogen-bond acceptors (Lipinski definition) is 4. The summed E-state index contributed by atoms with van der Waals surface area (Å²) in [5.41, 5.74) is -4.04. The minimum Gasteiger partial charge on any atom is -0.463 e. The Labute approximate surface area is 154 Å². The molecule has 0 saturated carbocycles. The van der Waals surface area contributed by atoms with E-state index in [1.165, 1.54) is 26.1 Å². The third-order valence-corrected chi connectivity index (χ3v) is 4.15. The molecule has 1 aliphatic rings. The zero-order valence-electron chi connectivity index (χ0n) is 15.0. The van der Waals surface area contributed by atoms with Crippen molar-refractivity contribution in [3.63, 3.8) is 0 Å². The van der Waals surface area contributed by atoms with Crippen molar-refractivity contribution >= 4 is 23.5 Å². The Morgan fingerprint density at radius 3 is 2.30 bits per heavy atom. The van der Waals surface area contributed by atoms with E-state index in [1.807, 2.05) is 5.32 Å². The maximum Gasteiger partial charge on any atom is 0.416 e. The van der Waals surface area contributed by atoms with Gasteiger partial charge in [-0.3, -0.25) is 9.69 Å². The van der Waals surface area contributed by atoms with Gasteiger partial charge in [0.25, 0.3) is 0 Å². The van der Waals surface area contributed by atoms with Gasteiger partial charge in [0.1, 0.15) is 5.78 Å². The monoisotopic (exact) mass is 384 g/mol. The summed E-state index contributed by atoms with van der Waals surface area (Å²) in [4.78, 5) is 37.6. The SMILES string of the molecule is CCOC(=O)C1=C(c2ccccc2)N(C)C(=O)N[C@]1(CC(C)=O)C(F)(F)F. The molecule has 1 heterocycles. The molecule has 0 saturated heterocycles. The lowest BCUT2D eigenvalue weighted by molar-refractivity contribution is -0.190. The van der Waals surface area contributed by atoms with Crippen molar-refractivity contribution in [3.8, 4) is 0 Å². The van der Waals surface area contributed by atoms with Crippen LogP contribution in [0.4, 0.5) is 18.0 Å². The fourth-order valence-electron chi connectivity index (χ4n) is 3.03. The lowest BCUT2D eigenvalue weighted by atomic mass is 9.79. The zero-order chi connectivity index (χ0) is 20.4. The third-order valence-electron chi connectivity index (χ3n) is 4.15. The Morgan fingerprint density at radius 1 is 1.22 bits per heavy atom. The van der Waals surface area contributed by atoms with Crippen LogP contribution in [0.5, 0.6) is 0 Å². The summed E-state index contributed by atoms with van der Waals surface area (Å²) in [5, 5.41) is 1.82. The van der Waals surface area contributed by atoms with Gasteiger partial charge in [-0.15, -0.1) is 0 Å². The van der Waals surface area contributed by atoms with Crippen molar-refractivity contribution in [1.82, 2.24) is 10.2 Å². The van der Waals surface area contributed by atoms with Crippen molar-refractivity contribution in [1.29, 1.82) is 0 Å². The van der Waals surface area contributed by atoms with Gasteiger partial charge in [0.05, 0.1) is 17.9 Å². The number of nitrogens with zero attached hydrogens (tertiary/aromatic N) is 1. The molecule has 0 unspecified atom stereocenters. The molecular formula is C18H19F3N2O4. The molecule has 9 heteroatoms. The van der Waals surface area contributed by atoms with E-state index in [1.54, 1.807) is 18.2 Å². The molecule has 0 aliphatic carbocycles. The maximum absolute atomic E-state index is 14.2. The number of amides is 2. The van der Waals surface area contributed by atoms with Crippen LogP contribution in [0.25, 0.3) is 5.70 Å². The number of Topliss-reactive ketones (excluding diaryl/α,β-unsaturated/α-hetero) is 1. The summed E-state index contributed by atoms with van der Waals surface area (Å²) >= 11 is 0. The molecule has 1 aliphatic heterocycles. The smallest absolute Gasteiger partial charge is 0.416 e. The summed E-state index contributed by atoms with van der Waals surface area (Å²) in [6, 6.07) is 6.62. The molecule has 0 aromatic heterocycles. The molecule has 1 aromatic carbocycles. The lowest BCUT2D eigenvalue weighted by Crippen LogP contribution is -2.67. The number of rotatable bonds is 5. The molecule has 6 nitrogen and oxygen atoms in total. The molecule has 2 amide bonds. The van der Waals surface area contributed by atoms with Gasteiger partial charge in [-0.05, 0) is 19.4 Å². The molecule has 27 heavy (non-hydrogen) atoms. The quantitative estimate of drug-likeness (QED) is 0.792. The number of hydrogen-bond donors (Lipinski definition) is 1. The number of ether oxygens (including phenoxy) is 1. The van der Waals surface area contributed by atoms with Crippen molar-refractivity contribution in [3.05, 3.63) is 41.5 Å². The van der Waals surface area contributed by atoms with Gasteiger partial charge in [-0.25, -0.2) is 9.59 Å². The highest BCUT2D eigenvalue weighted by molar-refractivity contribution is 6.06.